The van der Waals surface area contributed by atoms with Crippen LogP contribution in [0.5, 0.6) is 0 Å². The normalized spacial score (nSPS) is 12.3. The minimum Gasteiger partial charge on any atom is -0.348 e. The standard InChI is InChI=1S/C21H15ClFN3O2/c22-13-5-7-14(8-6-13)25-21(28)26-19-9-4-12(10-18(19)23)15-2-1-3-16-17(15)11-24-20(16)27/h1-10H,11H2,(H,24,27)(H2,25,26,28). The Labute approximate surface area is 165 Å². The van der Waals surface area contributed by atoms with E-state index in [0.717, 1.165) is 11.1 Å². The van der Waals surface area contributed by atoms with Gasteiger partial charge in [0.1, 0.15) is 5.82 Å². The first kappa shape index (κ1) is 18.0. The molecule has 0 bridgehead atoms. The lowest BCUT2D eigenvalue weighted by atomic mass is 9.96. The van der Waals surface area contributed by atoms with Gasteiger partial charge in [-0.15, -0.1) is 0 Å². The van der Waals surface area contributed by atoms with Gasteiger partial charge in [-0.3, -0.25) is 4.79 Å². The third-order valence-corrected chi connectivity index (χ3v) is 4.73. The summed E-state index contributed by atoms with van der Waals surface area (Å²) in [5.41, 5.74) is 3.45. The van der Waals surface area contributed by atoms with Crippen LogP contribution in [0.4, 0.5) is 20.6 Å². The van der Waals surface area contributed by atoms with Gasteiger partial charge in [-0.05, 0) is 59.2 Å². The molecule has 3 aromatic rings. The van der Waals surface area contributed by atoms with Gasteiger partial charge in [-0.25, -0.2) is 9.18 Å². The molecule has 28 heavy (non-hydrogen) atoms. The van der Waals surface area contributed by atoms with Crippen molar-refractivity contribution in [2.75, 3.05) is 10.6 Å². The fourth-order valence-corrected chi connectivity index (χ4v) is 3.25. The van der Waals surface area contributed by atoms with E-state index >= 15 is 0 Å². The van der Waals surface area contributed by atoms with Crippen molar-refractivity contribution in [1.82, 2.24) is 5.32 Å². The first-order valence-corrected chi connectivity index (χ1v) is 8.92. The second-order valence-electron chi connectivity index (χ2n) is 6.30. The number of hydrogen-bond donors (Lipinski definition) is 3. The van der Waals surface area contributed by atoms with Crippen molar-refractivity contribution in [2.45, 2.75) is 6.54 Å². The van der Waals surface area contributed by atoms with Crippen molar-refractivity contribution in [3.05, 3.63) is 82.6 Å². The fourth-order valence-electron chi connectivity index (χ4n) is 3.13. The van der Waals surface area contributed by atoms with Crippen molar-refractivity contribution in [3.63, 3.8) is 0 Å². The summed E-state index contributed by atoms with van der Waals surface area (Å²) in [5, 5.41) is 8.42. The predicted molar refractivity (Wildman–Crippen MR) is 107 cm³/mol. The van der Waals surface area contributed by atoms with Gasteiger partial charge in [0.05, 0.1) is 5.69 Å². The minimum atomic E-state index is -0.571. The zero-order chi connectivity index (χ0) is 19.7. The molecular formula is C21H15ClFN3O2. The Morgan fingerprint density at radius 1 is 1.00 bits per heavy atom. The van der Waals surface area contributed by atoms with E-state index in [4.69, 9.17) is 11.6 Å². The maximum atomic E-state index is 14.6. The zero-order valence-corrected chi connectivity index (χ0v) is 15.3. The molecule has 3 N–H and O–H groups in total. The molecule has 0 saturated carbocycles. The Hall–Kier alpha value is -3.38. The molecule has 3 amide bonds. The number of hydrogen-bond acceptors (Lipinski definition) is 2. The molecule has 4 rings (SSSR count). The molecule has 1 aliphatic heterocycles. The number of rotatable bonds is 3. The molecule has 7 heteroatoms. The van der Waals surface area contributed by atoms with E-state index in [-0.39, 0.29) is 11.6 Å². The Morgan fingerprint density at radius 2 is 1.75 bits per heavy atom. The number of nitrogens with one attached hydrogen (secondary N) is 3. The largest absolute Gasteiger partial charge is 0.348 e. The van der Waals surface area contributed by atoms with Gasteiger partial charge in [0.15, 0.2) is 0 Å². The first-order chi connectivity index (χ1) is 13.5. The molecular weight excluding hydrogens is 381 g/mol. The molecule has 1 aliphatic rings. The number of fused-ring (bicyclic) bond motifs is 1. The van der Waals surface area contributed by atoms with Gasteiger partial charge in [0, 0.05) is 22.8 Å². The zero-order valence-electron chi connectivity index (χ0n) is 14.6. The van der Waals surface area contributed by atoms with Gasteiger partial charge in [0.2, 0.25) is 0 Å². The number of benzene rings is 3. The number of halogens is 2. The highest BCUT2D eigenvalue weighted by Gasteiger charge is 2.22. The smallest absolute Gasteiger partial charge is 0.323 e. The minimum absolute atomic E-state index is 0.0528. The average Bonchev–Trinajstić information content (AvgIpc) is 3.06. The van der Waals surface area contributed by atoms with Crippen molar-refractivity contribution >= 4 is 34.9 Å². The van der Waals surface area contributed by atoms with Crippen LogP contribution >= 0.6 is 11.6 Å². The van der Waals surface area contributed by atoms with E-state index in [1.807, 2.05) is 6.07 Å². The van der Waals surface area contributed by atoms with Crippen LogP contribution in [0.15, 0.2) is 60.7 Å². The second-order valence-corrected chi connectivity index (χ2v) is 6.73. The molecule has 0 atom stereocenters. The van der Waals surface area contributed by atoms with Crippen LogP contribution in [0.3, 0.4) is 0 Å². The molecule has 5 nitrogen and oxygen atoms in total. The molecule has 0 fully saturated rings. The molecule has 0 radical (unpaired) electrons. The van der Waals surface area contributed by atoms with Crippen LogP contribution in [-0.4, -0.2) is 11.9 Å². The predicted octanol–water partition coefficient (Wildman–Crippen LogP) is 5.03. The van der Waals surface area contributed by atoms with E-state index < -0.39 is 11.8 Å². The molecule has 0 aromatic heterocycles. The SMILES string of the molecule is O=C(Nc1ccc(Cl)cc1)Nc1ccc(-c2cccc3c2CNC3=O)cc1F. The number of amides is 3. The Bertz CT molecular complexity index is 1080. The monoisotopic (exact) mass is 395 g/mol. The molecule has 0 saturated heterocycles. The number of urea groups is 1. The molecule has 3 aromatic carbocycles. The van der Waals surface area contributed by atoms with Gasteiger partial charge < -0.3 is 16.0 Å². The molecule has 140 valence electrons. The summed E-state index contributed by atoms with van der Waals surface area (Å²) in [6, 6.07) is 15.9. The summed E-state index contributed by atoms with van der Waals surface area (Å²) in [6.45, 7) is 0.412. The van der Waals surface area contributed by atoms with E-state index in [9.17, 15) is 14.0 Å². The van der Waals surface area contributed by atoms with Crippen LogP contribution in [0.25, 0.3) is 11.1 Å². The Balaban J connectivity index is 1.53. The molecule has 0 unspecified atom stereocenters. The average molecular weight is 396 g/mol. The van der Waals surface area contributed by atoms with E-state index in [1.54, 1.807) is 42.5 Å². The van der Waals surface area contributed by atoms with Gasteiger partial charge in [0.25, 0.3) is 5.91 Å². The third kappa shape index (κ3) is 3.54. The number of carbonyl (C=O) groups excluding carboxylic acids is 2. The second kappa shape index (κ2) is 7.32. The lowest BCUT2D eigenvalue weighted by Crippen LogP contribution is -2.20. The maximum Gasteiger partial charge on any atom is 0.323 e. The summed E-state index contributed by atoms with van der Waals surface area (Å²) in [4.78, 5) is 23.9. The van der Waals surface area contributed by atoms with Crippen LogP contribution < -0.4 is 16.0 Å². The lowest BCUT2D eigenvalue weighted by Gasteiger charge is -2.11. The first-order valence-electron chi connectivity index (χ1n) is 8.55. The lowest BCUT2D eigenvalue weighted by molar-refractivity contribution is 0.0965. The Kier molecular flexibility index (Phi) is 4.71. The number of carbonyl (C=O) groups is 2. The highest BCUT2D eigenvalue weighted by Crippen LogP contribution is 2.31. The molecule has 1 heterocycles. The highest BCUT2D eigenvalue weighted by molar-refractivity contribution is 6.30. The summed E-state index contributed by atoms with van der Waals surface area (Å²) in [5.74, 6) is -0.701. The van der Waals surface area contributed by atoms with Crippen LogP contribution in [0, 0.1) is 5.82 Å². The van der Waals surface area contributed by atoms with Gasteiger partial charge in [-0.1, -0.05) is 29.8 Å². The van der Waals surface area contributed by atoms with E-state index in [0.29, 0.717) is 28.4 Å². The topological polar surface area (TPSA) is 70.2 Å². The maximum absolute atomic E-state index is 14.6. The van der Waals surface area contributed by atoms with E-state index in [1.165, 1.54) is 12.1 Å². The van der Waals surface area contributed by atoms with Crippen LogP contribution in [0.1, 0.15) is 15.9 Å². The van der Waals surface area contributed by atoms with Gasteiger partial charge >= 0.3 is 6.03 Å². The quantitative estimate of drug-likeness (QED) is 0.581. The van der Waals surface area contributed by atoms with Gasteiger partial charge in [-0.2, -0.15) is 0 Å². The summed E-state index contributed by atoms with van der Waals surface area (Å²) < 4.78 is 14.6. The van der Waals surface area contributed by atoms with Crippen molar-refractivity contribution in [3.8, 4) is 11.1 Å². The van der Waals surface area contributed by atoms with Crippen molar-refractivity contribution < 1.29 is 14.0 Å². The Morgan fingerprint density at radius 3 is 2.50 bits per heavy atom. The van der Waals surface area contributed by atoms with Crippen LogP contribution in [-0.2, 0) is 6.54 Å². The summed E-state index contributed by atoms with van der Waals surface area (Å²) in [7, 11) is 0. The summed E-state index contributed by atoms with van der Waals surface area (Å²) in [6.07, 6.45) is 0. The van der Waals surface area contributed by atoms with Crippen molar-refractivity contribution in [2.24, 2.45) is 0 Å². The van der Waals surface area contributed by atoms with Crippen molar-refractivity contribution in [1.29, 1.82) is 0 Å². The third-order valence-electron chi connectivity index (χ3n) is 4.48. The molecule has 0 spiro atoms. The number of anilines is 2. The highest BCUT2D eigenvalue weighted by atomic mass is 35.5. The molecule has 0 aliphatic carbocycles. The van der Waals surface area contributed by atoms with Crippen LogP contribution in [0.2, 0.25) is 5.02 Å². The fraction of sp³-hybridized carbons (Fsp3) is 0.0476. The van der Waals surface area contributed by atoms with E-state index in [2.05, 4.69) is 16.0 Å². The summed E-state index contributed by atoms with van der Waals surface area (Å²) >= 11 is 5.81.